The zero-order valence-electron chi connectivity index (χ0n) is 14.4. The van der Waals surface area contributed by atoms with Gasteiger partial charge in [-0.1, -0.05) is 0 Å². The molecule has 1 spiro atoms. The molecule has 0 aliphatic carbocycles. The quantitative estimate of drug-likeness (QED) is 0.929. The summed E-state index contributed by atoms with van der Waals surface area (Å²) < 4.78 is 11.6. The highest BCUT2D eigenvalue weighted by atomic mass is 16.5. The van der Waals surface area contributed by atoms with Crippen LogP contribution in [0.4, 0.5) is 0 Å². The Labute approximate surface area is 139 Å². The molecule has 4 nitrogen and oxygen atoms in total. The fourth-order valence-electron chi connectivity index (χ4n) is 4.58. The average molecular weight is 316 g/mol. The fraction of sp³-hybridized carbons (Fsp3) is 0.684. The van der Waals surface area contributed by atoms with Crippen LogP contribution in [-0.2, 0) is 13.0 Å². The summed E-state index contributed by atoms with van der Waals surface area (Å²) in [5.74, 6) is 2.08. The minimum atomic E-state index is 0.283. The van der Waals surface area contributed by atoms with E-state index in [1.165, 1.54) is 56.6 Å². The molecule has 1 N–H and O–H groups in total. The maximum absolute atomic E-state index is 6.09. The summed E-state index contributed by atoms with van der Waals surface area (Å²) in [4.78, 5) is 2.62. The first kappa shape index (κ1) is 15.3. The van der Waals surface area contributed by atoms with E-state index in [1.807, 2.05) is 0 Å². The van der Waals surface area contributed by atoms with Gasteiger partial charge in [0, 0.05) is 30.6 Å². The maximum atomic E-state index is 6.09. The van der Waals surface area contributed by atoms with Crippen molar-refractivity contribution in [2.24, 2.45) is 5.41 Å². The molecule has 2 saturated heterocycles. The summed E-state index contributed by atoms with van der Waals surface area (Å²) in [5.41, 5.74) is 3.17. The third kappa shape index (κ3) is 2.94. The summed E-state index contributed by atoms with van der Waals surface area (Å²) in [5, 5.41) is 3.50. The van der Waals surface area contributed by atoms with Gasteiger partial charge < -0.3 is 14.8 Å². The van der Waals surface area contributed by atoms with Crippen LogP contribution in [0.3, 0.4) is 0 Å². The fourth-order valence-corrected chi connectivity index (χ4v) is 4.58. The van der Waals surface area contributed by atoms with Crippen LogP contribution in [0.15, 0.2) is 12.1 Å². The molecule has 126 valence electrons. The number of hydrogen-bond donors (Lipinski definition) is 1. The van der Waals surface area contributed by atoms with Crippen molar-refractivity contribution < 1.29 is 9.47 Å². The van der Waals surface area contributed by atoms with Crippen molar-refractivity contribution in [2.75, 3.05) is 33.3 Å². The lowest BCUT2D eigenvalue weighted by atomic mass is 9.78. The second-order valence-electron chi connectivity index (χ2n) is 7.62. The standard InChI is InChI=1S/C19H28N2O2/c1-14-9-15-10-17(22-2)11-16(18(15)23-14)12-21-8-5-19(13-21)3-6-20-7-4-19/h10-11,14,20H,3-9,12-13H2,1-2H3. The Morgan fingerprint density at radius 3 is 2.91 bits per heavy atom. The molecule has 3 aliphatic heterocycles. The average Bonchev–Trinajstić information content (AvgIpc) is 3.11. The second-order valence-corrected chi connectivity index (χ2v) is 7.62. The second kappa shape index (κ2) is 5.99. The smallest absolute Gasteiger partial charge is 0.127 e. The van der Waals surface area contributed by atoms with E-state index in [9.17, 15) is 0 Å². The van der Waals surface area contributed by atoms with E-state index < -0.39 is 0 Å². The minimum Gasteiger partial charge on any atom is -0.497 e. The first-order valence-electron chi connectivity index (χ1n) is 8.97. The number of ether oxygens (including phenoxy) is 2. The first-order chi connectivity index (χ1) is 11.2. The number of fused-ring (bicyclic) bond motifs is 1. The number of likely N-dealkylation sites (tertiary alicyclic amines) is 1. The molecule has 0 radical (unpaired) electrons. The van der Waals surface area contributed by atoms with Gasteiger partial charge in [-0.05, 0) is 63.4 Å². The molecular formula is C19H28N2O2. The van der Waals surface area contributed by atoms with Gasteiger partial charge in [-0.2, -0.15) is 0 Å². The normalized spacial score (nSPS) is 26.3. The van der Waals surface area contributed by atoms with Crippen molar-refractivity contribution in [3.63, 3.8) is 0 Å². The van der Waals surface area contributed by atoms with Gasteiger partial charge in [-0.3, -0.25) is 4.90 Å². The van der Waals surface area contributed by atoms with Crippen LogP contribution >= 0.6 is 0 Å². The Morgan fingerprint density at radius 1 is 1.30 bits per heavy atom. The maximum Gasteiger partial charge on any atom is 0.127 e. The van der Waals surface area contributed by atoms with Crippen molar-refractivity contribution in [1.29, 1.82) is 0 Å². The summed E-state index contributed by atoms with van der Waals surface area (Å²) >= 11 is 0. The summed E-state index contributed by atoms with van der Waals surface area (Å²) in [6.07, 6.45) is 5.28. The predicted octanol–water partition coefficient (Wildman–Crippen LogP) is 2.59. The molecule has 23 heavy (non-hydrogen) atoms. The van der Waals surface area contributed by atoms with Crippen molar-refractivity contribution >= 4 is 0 Å². The molecule has 0 saturated carbocycles. The monoisotopic (exact) mass is 316 g/mol. The lowest BCUT2D eigenvalue weighted by molar-refractivity contribution is 0.192. The molecule has 0 aromatic heterocycles. The molecule has 1 aromatic rings. The summed E-state index contributed by atoms with van der Waals surface area (Å²) in [6.45, 7) is 7.95. The van der Waals surface area contributed by atoms with E-state index >= 15 is 0 Å². The van der Waals surface area contributed by atoms with Gasteiger partial charge in [0.2, 0.25) is 0 Å². The van der Waals surface area contributed by atoms with Gasteiger partial charge in [0.25, 0.3) is 0 Å². The highest BCUT2D eigenvalue weighted by Crippen LogP contribution is 2.41. The van der Waals surface area contributed by atoms with Crippen LogP contribution in [0.5, 0.6) is 11.5 Å². The van der Waals surface area contributed by atoms with Gasteiger partial charge in [-0.15, -0.1) is 0 Å². The first-order valence-corrected chi connectivity index (χ1v) is 8.97. The molecular weight excluding hydrogens is 288 g/mol. The Bertz CT molecular complexity index is 581. The lowest BCUT2D eigenvalue weighted by Crippen LogP contribution is -2.38. The SMILES string of the molecule is COc1cc2c(c(CN3CCC4(CCNCC4)C3)c1)OC(C)C2. The molecule has 0 bridgehead atoms. The number of methoxy groups -OCH3 is 1. The van der Waals surface area contributed by atoms with Crippen LogP contribution in [0.25, 0.3) is 0 Å². The van der Waals surface area contributed by atoms with Crippen molar-refractivity contribution in [3.05, 3.63) is 23.3 Å². The molecule has 4 heteroatoms. The predicted molar refractivity (Wildman–Crippen MR) is 91.2 cm³/mol. The Balaban J connectivity index is 1.52. The van der Waals surface area contributed by atoms with Crippen LogP contribution in [0, 0.1) is 5.41 Å². The highest BCUT2D eigenvalue weighted by Gasteiger charge is 2.39. The molecule has 1 unspecified atom stereocenters. The molecule has 1 aromatic carbocycles. The summed E-state index contributed by atoms with van der Waals surface area (Å²) in [6, 6.07) is 4.31. The van der Waals surface area contributed by atoms with E-state index in [0.717, 1.165) is 24.5 Å². The topological polar surface area (TPSA) is 33.7 Å². The third-order valence-electron chi connectivity index (χ3n) is 5.85. The van der Waals surface area contributed by atoms with E-state index in [1.54, 1.807) is 7.11 Å². The number of nitrogens with zero attached hydrogens (tertiary/aromatic N) is 1. The van der Waals surface area contributed by atoms with Crippen LogP contribution in [0.1, 0.15) is 37.3 Å². The van der Waals surface area contributed by atoms with Gasteiger partial charge in [0.05, 0.1) is 7.11 Å². The number of benzene rings is 1. The molecule has 1 atom stereocenters. The largest absolute Gasteiger partial charge is 0.497 e. The van der Waals surface area contributed by atoms with Gasteiger partial charge >= 0.3 is 0 Å². The van der Waals surface area contributed by atoms with Crippen LogP contribution in [0.2, 0.25) is 0 Å². The van der Waals surface area contributed by atoms with E-state index in [4.69, 9.17) is 9.47 Å². The lowest BCUT2D eigenvalue weighted by Gasteiger charge is -2.34. The highest BCUT2D eigenvalue weighted by molar-refractivity contribution is 5.49. The number of nitrogens with one attached hydrogen (secondary N) is 1. The molecule has 0 amide bonds. The van der Waals surface area contributed by atoms with Crippen molar-refractivity contribution in [1.82, 2.24) is 10.2 Å². The number of hydrogen-bond acceptors (Lipinski definition) is 4. The van der Waals surface area contributed by atoms with Gasteiger partial charge in [0.15, 0.2) is 0 Å². The molecule has 2 fully saturated rings. The zero-order valence-corrected chi connectivity index (χ0v) is 14.4. The van der Waals surface area contributed by atoms with Crippen molar-refractivity contribution in [2.45, 2.75) is 45.3 Å². The molecule has 3 heterocycles. The van der Waals surface area contributed by atoms with Gasteiger partial charge in [0.1, 0.15) is 17.6 Å². The van der Waals surface area contributed by atoms with Crippen molar-refractivity contribution in [3.8, 4) is 11.5 Å². The van der Waals surface area contributed by atoms with Crippen LogP contribution < -0.4 is 14.8 Å². The van der Waals surface area contributed by atoms with E-state index in [2.05, 4.69) is 29.3 Å². The Hall–Kier alpha value is -1.26. The van der Waals surface area contributed by atoms with Gasteiger partial charge in [-0.25, -0.2) is 0 Å². The minimum absolute atomic E-state index is 0.283. The third-order valence-corrected chi connectivity index (χ3v) is 5.85. The van der Waals surface area contributed by atoms with E-state index in [0.29, 0.717) is 5.41 Å². The Kier molecular flexibility index (Phi) is 3.98. The molecule has 4 rings (SSSR count). The summed E-state index contributed by atoms with van der Waals surface area (Å²) in [7, 11) is 1.75. The molecule has 3 aliphatic rings. The number of rotatable bonds is 3. The zero-order chi connectivity index (χ0) is 15.9. The number of piperidine rings is 1. The Morgan fingerprint density at radius 2 is 2.13 bits per heavy atom. The van der Waals surface area contributed by atoms with Crippen LogP contribution in [-0.4, -0.2) is 44.3 Å². The van der Waals surface area contributed by atoms with E-state index in [-0.39, 0.29) is 6.10 Å².